The molecule has 2 heteroatoms. The van der Waals surface area contributed by atoms with Crippen molar-refractivity contribution in [3.63, 3.8) is 0 Å². The molecule has 2 rings (SSSR count). The third kappa shape index (κ3) is 3.19. The van der Waals surface area contributed by atoms with Crippen LogP contribution < -0.4 is 5.73 Å². The highest BCUT2D eigenvalue weighted by Gasteiger charge is 2.09. The molecule has 104 valence electrons. The van der Waals surface area contributed by atoms with Crippen LogP contribution in [-0.2, 0) is 19.4 Å². The van der Waals surface area contributed by atoms with Gasteiger partial charge in [0.25, 0.3) is 0 Å². The largest absolute Gasteiger partial charge is 0.347 e. The summed E-state index contributed by atoms with van der Waals surface area (Å²) in [6.45, 7) is 8.57. The zero-order valence-electron chi connectivity index (χ0n) is 12.4. The van der Waals surface area contributed by atoms with Gasteiger partial charge >= 0.3 is 0 Å². The zero-order valence-corrected chi connectivity index (χ0v) is 12.4. The van der Waals surface area contributed by atoms with Gasteiger partial charge in [-0.15, -0.1) is 0 Å². The quantitative estimate of drug-likeness (QED) is 0.840. The van der Waals surface area contributed by atoms with Crippen LogP contribution in [0.4, 0.5) is 0 Å². The summed E-state index contributed by atoms with van der Waals surface area (Å²) < 4.78 is 2.41. The number of benzene rings is 1. The van der Waals surface area contributed by atoms with E-state index in [4.69, 9.17) is 5.73 Å². The van der Waals surface area contributed by atoms with E-state index in [0.29, 0.717) is 5.92 Å². The topological polar surface area (TPSA) is 30.9 Å². The van der Waals surface area contributed by atoms with E-state index in [9.17, 15) is 0 Å². The van der Waals surface area contributed by atoms with Crippen molar-refractivity contribution in [3.8, 4) is 0 Å². The molecule has 1 aromatic carbocycles. The van der Waals surface area contributed by atoms with Gasteiger partial charge in [-0.2, -0.15) is 0 Å². The van der Waals surface area contributed by atoms with Crippen molar-refractivity contribution in [1.82, 2.24) is 4.57 Å². The summed E-state index contributed by atoms with van der Waals surface area (Å²) in [5.74, 6) is 0.663. The summed E-state index contributed by atoms with van der Waals surface area (Å²) in [7, 11) is 0. The Hall–Kier alpha value is -1.28. The fraction of sp³-hybridized carbons (Fsp3) is 0.529. The zero-order chi connectivity index (χ0) is 13.8. The van der Waals surface area contributed by atoms with Crippen LogP contribution in [0.15, 0.2) is 24.4 Å². The van der Waals surface area contributed by atoms with E-state index in [1.807, 2.05) is 0 Å². The van der Waals surface area contributed by atoms with Crippen LogP contribution in [0.2, 0.25) is 0 Å². The predicted molar refractivity (Wildman–Crippen MR) is 83.5 cm³/mol. The molecule has 2 N–H and O–H groups in total. The number of rotatable bonds is 6. The second-order valence-electron chi connectivity index (χ2n) is 5.84. The van der Waals surface area contributed by atoms with Crippen molar-refractivity contribution in [3.05, 3.63) is 35.5 Å². The molecule has 0 radical (unpaired) electrons. The molecule has 1 aromatic heterocycles. The number of aromatic nitrogens is 1. The average Bonchev–Trinajstić information content (AvgIpc) is 2.68. The Kier molecular flexibility index (Phi) is 4.65. The maximum Gasteiger partial charge on any atom is 0.0486 e. The molecule has 0 unspecified atom stereocenters. The highest BCUT2D eigenvalue weighted by molar-refractivity contribution is 5.84. The van der Waals surface area contributed by atoms with Crippen LogP contribution >= 0.6 is 0 Å². The van der Waals surface area contributed by atoms with Gasteiger partial charge in [-0.3, -0.25) is 0 Å². The van der Waals surface area contributed by atoms with Crippen LogP contribution in [-0.4, -0.2) is 11.1 Å². The molecule has 2 nitrogen and oxygen atoms in total. The first-order chi connectivity index (χ1) is 9.15. The molecule has 0 aliphatic carbocycles. The number of hydrogen-bond acceptors (Lipinski definition) is 1. The first-order valence-corrected chi connectivity index (χ1v) is 7.46. The van der Waals surface area contributed by atoms with E-state index in [1.54, 1.807) is 0 Å². The molecule has 0 atom stereocenters. The summed E-state index contributed by atoms with van der Waals surface area (Å²) in [6.07, 6.45) is 5.63. The molecule has 2 aromatic rings. The van der Waals surface area contributed by atoms with Crippen LogP contribution in [0.5, 0.6) is 0 Å². The van der Waals surface area contributed by atoms with Gasteiger partial charge in [0.15, 0.2) is 0 Å². The van der Waals surface area contributed by atoms with Crippen LogP contribution in [0.1, 0.15) is 38.3 Å². The van der Waals surface area contributed by atoms with E-state index < -0.39 is 0 Å². The van der Waals surface area contributed by atoms with Gasteiger partial charge in [-0.1, -0.05) is 39.3 Å². The Morgan fingerprint density at radius 1 is 1.21 bits per heavy atom. The summed E-state index contributed by atoms with van der Waals surface area (Å²) in [6, 6.07) is 6.91. The van der Waals surface area contributed by atoms with Crippen molar-refractivity contribution in [2.24, 2.45) is 11.7 Å². The molecule has 19 heavy (non-hydrogen) atoms. The number of aryl methyl sites for hydroxylation is 1. The maximum atomic E-state index is 5.73. The maximum absolute atomic E-state index is 5.73. The minimum Gasteiger partial charge on any atom is -0.347 e. The van der Waals surface area contributed by atoms with Crippen molar-refractivity contribution < 1.29 is 0 Å². The van der Waals surface area contributed by atoms with Crippen molar-refractivity contribution >= 4 is 10.9 Å². The van der Waals surface area contributed by atoms with Crippen molar-refractivity contribution in [2.75, 3.05) is 6.54 Å². The third-order valence-electron chi connectivity index (χ3n) is 3.54. The summed E-state index contributed by atoms with van der Waals surface area (Å²) >= 11 is 0. The summed E-state index contributed by atoms with van der Waals surface area (Å²) in [4.78, 5) is 0. The molecule has 0 saturated carbocycles. The average molecular weight is 258 g/mol. The summed E-state index contributed by atoms with van der Waals surface area (Å²) in [5, 5.41) is 1.38. The van der Waals surface area contributed by atoms with E-state index in [0.717, 1.165) is 25.9 Å². The summed E-state index contributed by atoms with van der Waals surface area (Å²) in [5.41, 5.74) is 9.94. The highest BCUT2D eigenvalue weighted by atomic mass is 15.0. The molecule has 0 amide bonds. The smallest absolute Gasteiger partial charge is 0.0486 e. The Morgan fingerprint density at radius 2 is 2.00 bits per heavy atom. The fourth-order valence-corrected chi connectivity index (χ4v) is 2.76. The highest BCUT2D eigenvalue weighted by Crippen LogP contribution is 2.24. The number of fused-ring (bicyclic) bond motifs is 1. The molecule has 0 aliphatic heterocycles. The second kappa shape index (κ2) is 6.25. The van der Waals surface area contributed by atoms with E-state index in [-0.39, 0.29) is 0 Å². The number of nitrogens with two attached hydrogens (primary N) is 1. The van der Waals surface area contributed by atoms with Gasteiger partial charge in [0.2, 0.25) is 0 Å². The number of hydrogen-bond donors (Lipinski definition) is 1. The lowest BCUT2D eigenvalue weighted by atomic mass is 10.1. The monoisotopic (exact) mass is 258 g/mol. The minimum atomic E-state index is 0.663. The van der Waals surface area contributed by atoms with E-state index >= 15 is 0 Å². The van der Waals surface area contributed by atoms with Gasteiger partial charge < -0.3 is 10.3 Å². The Balaban J connectivity index is 2.48. The third-order valence-corrected chi connectivity index (χ3v) is 3.54. The van der Waals surface area contributed by atoms with Crippen molar-refractivity contribution in [1.29, 1.82) is 0 Å². The van der Waals surface area contributed by atoms with Crippen LogP contribution in [0, 0.1) is 5.92 Å². The van der Waals surface area contributed by atoms with Crippen molar-refractivity contribution in [2.45, 2.75) is 46.6 Å². The Bertz CT molecular complexity index is 537. The van der Waals surface area contributed by atoms with E-state index in [1.165, 1.54) is 28.5 Å². The van der Waals surface area contributed by atoms with E-state index in [2.05, 4.69) is 49.7 Å². The first-order valence-electron chi connectivity index (χ1n) is 7.46. The SMILES string of the molecule is CCCc1ccc2c(CCN)cn(CC(C)C)c2c1. The fourth-order valence-electron chi connectivity index (χ4n) is 2.76. The minimum absolute atomic E-state index is 0.663. The molecule has 0 bridgehead atoms. The van der Waals surface area contributed by atoms with Gasteiger partial charge in [0, 0.05) is 23.6 Å². The van der Waals surface area contributed by atoms with Crippen LogP contribution in [0.3, 0.4) is 0 Å². The van der Waals surface area contributed by atoms with Gasteiger partial charge in [-0.05, 0) is 42.5 Å². The molecular weight excluding hydrogens is 232 g/mol. The predicted octanol–water partition coefficient (Wildman–Crippen LogP) is 3.75. The molecule has 0 aliphatic rings. The van der Waals surface area contributed by atoms with Gasteiger partial charge in [0.1, 0.15) is 0 Å². The Labute approximate surface area is 116 Å². The second-order valence-corrected chi connectivity index (χ2v) is 5.84. The molecule has 0 fully saturated rings. The number of nitrogens with zero attached hydrogens (tertiary/aromatic N) is 1. The lowest BCUT2D eigenvalue weighted by Gasteiger charge is -2.09. The lowest BCUT2D eigenvalue weighted by molar-refractivity contribution is 0.534. The van der Waals surface area contributed by atoms with Gasteiger partial charge in [0.05, 0.1) is 0 Å². The van der Waals surface area contributed by atoms with Gasteiger partial charge in [-0.25, -0.2) is 0 Å². The standard InChI is InChI=1S/C17H26N2/c1-4-5-14-6-7-16-15(8-9-18)12-19(11-13(2)3)17(16)10-14/h6-7,10,12-13H,4-5,8-9,11,18H2,1-3H3. The molecule has 0 saturated heterocycles. The molecule has 1 heterocycles. The normalized spacial score (nSPS) is 11.6. The van der Waals surface area contributed by atoms with Crippen LogP contribution in [0.25, 0.3) is 10.9 Å². The lowest BCUT2D eigenvalue weighted by Crippen LogP contribution is -2.04. The molecule has 0 spiro atoms. The Morgan fingerprint density at radius 3 is 2.63 bits per heavy atom. The first kappa shape index (κ1) is 14.1. The molecular formula is C17H26N2.